The van der Waals surface area contributed by atoms with Crippen molar-refractivity contribution in [2.45, 2.75) is 13.0 Å². The molecule has 0 bridgehead atoms. The van der Waals surface area contributed by atoms with Gasteiger partial charge in [-0.15, -0.1) is 0 Å². The number of isocyanates is 1. The van der Waals surface area contributed by atoms with Crippen molar-refractivity contribution in [2.24, 2.45) is 4.99 Å². The predicted molar refractivity (Wildman–Crippen MR) is 48.4 cm³/mol. The van der Waals surface area contributed by atoms with Gasteiger partial charge >= 0.3 is 0 Å². The van der Waals surface area contributed by atoms with Crippen LogP contribution in [0.25, 0.3) is 0 Å². The van der Waals surface area contributed by atoms with Crippen molar-refractivity contribution < 1.29 is 4.79 Å². The maximum absolute atomic E-state index is 9.94. The molecule has 0 amide bonds. The molecule has 1 aromatic carbocycles. The second-order valence-electron chi connectivity index (χ2n) is 2.56. The van der Waals surface area contributed by atoms with Crippen LogP contribution >= 0.6 is 0 Å². The molecule has 1 rings (SSSR count). The number of hydrogen-bond acceptors (Lipinski definition) is 2. The molecule has 2 nitrogen and oxygen atoms in total. The first-order valence-electron chi connectivity index (χ1n) is 3.66. The largest absolute Gasteiger partial charge is 0.235 e. The first kappa shape index (κ1) is 8.76. The topological polar surface area (TPSA) is 29.4 Å². The molecule has 0 spiro atoms. The van der Waals surface area contributed by atoms with Crippen LogP contribution < -0.4 is 5.46 Å². The van der Waals surface area contributed by atoms with E-state index in [4.69, 9.17) is 7.85 Å². The zero-order valence-corrected chi connectivity index (χ0v) is 6.82. The fraction of sp³-hybridized carbons (Fsp3) is 0.222. The Labute approximate surface area is 72.7 Å². The lowest BCUT2D eigenvalue weighted by molar-refractivity contribution is 0.559. The Morgan fingerprint density at radius 2 is 2.00 bits per heavy atom. The van der Waals surface area contributed by atoms with Gasteiger partial charge in [0.05, 0.1) is 6.04 Å². The average molecular weight is 157 g/mol. The Kier molecular flexibility index (Phi) is 2.84. The van der Waals surface area contributed by atoms with Crippen LogP contribution in [-0.2, 0) is 4.79 Å². The molecule has 0 saturated heterocycles. The van der Waals surface area contributed by atoms with Gasteiger partial charge in [0.25, 0.3) is 0 Å². The van der Waals surface area contributed by atoms with Crippen LogP contribution in [0.3, 0.4) is 0 Å². The van der Waals surface area contributed by atoms with E-state index in [-0.39, 0.29) is 6.04 Å². The first-order valence-corrected chi connectivity index (χ1v) is 3.66. The minimum absolute atomic E-state index is 0.136. The van der Waals surface area contributed by atoms with E-state index in [2.05, 4.69) is 4.99 Å². The van der Waals surface area contributed by atoms with Crippen molar-refractivity contribution in [1.29, 1.82) is 0 Å². The fourth-order valence-corrected chi connectivity index (χ4v) is 0.928. The summed E-state index contributed by atoms with van der Waals surface area (Å²) in [4.78, 5) is 13.5. The Morgan fingerprint density at radius 3 is 2.50 bits per heavy atom. The van der Waals surface area contributed by atoms with Gasteiger partial charge in [0.2, 0.25) is 6.08 Å². The normalized spacial score (nSPS) is 11.8. The van der Waals surface area contributed by atoms with Crippen LogP contribution in [0.4, 0.5) is 0 Å². The molecule has 0 N–H and O–H groups in total. The van der Waals surface area contributed by atoms with Crippen molar-refractivity contribution in [3.05, 3.63) is 29.8 Å². The first-order chi connectivity index (χ1) is 5.74. The van der Waals surface area contributed by atoms with Gasteiger partial charge < -0.3 is 0 Å². The summed E-state index contributed by atoms with van der Waals surface area (Å²) < 4.78 is 0. The maximum Gasteiger partial charge on any atom is 0.235 e. The molecule has 3 heteroatoms. The highest BCUT2D eigenvalue weighted by atomic mass is 16.1. The minimum atomic E-state index is -0.136. The van der Waals surface area contributed by atoms with Gasteiger partial charge in [-0.25, -0.2) is 4.79 Å². The number of benzene rings is 1. The second-order valence-corrected chi connectivity index (χ2v) is 2.56. The number of nitrogens with zero attached hydrogens (tertiary/aromatic N) is 1. The summed E-state index contributed by atoms with van der Waals surface area (Å²) >= 11 is 0. The van der Waals surface area contributed by atoms with Gasteiger partial charge in [0.1, 0.15) is 7.85 Å². The molecule has 12 heavy (non-hydrogen) atoms. The zero-order valence-electron chi connectivity index (χ0n) is 6.82. The van der Waals surface area contributed by atoms with E-state index in [1.807, 2.05) is 19.1 Å². The van der Waals surface area contributed by atoms with Crippen molar-refractivity contribution in [2.75, 3.05) is 0 Å². The maximum atomic E-state index is 9.94. The Morgan fingerprint density at radius 1 is 1.42 bits per heavy atom. The molecule has 1 atom stereocenters. The van der Waals surface area contributed by atoms with E-state index < -0.39 is 0 Å². The summed E-state index contributed by atoms with van der Waals surface area (Å²) in [5.41, 5.74) is 1.67. The Balaban J connectivity index is 2.89. The molecule has 0 aliphatic rings. The number of rotatable bonds is 2. The summed E-state index contributed by atoms with van der Waals surface area (Å²) in [6.07, 6.45) is 1.52. The second kappa shape index (κ2) is 3.89. The van der Waals surface area contributed by atoms with Crippen molar-refractivity contribution >= 4 is 19.4 Å². The van der Waals surface area contributed by atoms with Gasteiger partial charge in [-0.05, 0) is 12.5 Å². The van der Waals surface area contributed by atoms with Crippen molar-refractivity contribution in [1.82, 2.24) is 0 Å². The molecule has 0 aromatic heterocycles. The van der Waals surface area contributed by atoms with E-state index >= 15 is 0 Å². The molecule has 0 fully saturated rings. The van der Waals surface area contributed by atoms with E-state index in [0.717, 1.165) is 5.56 Å². The quantitative estimate of drug-likeness (QED) is 0.356. The van der Waals surface area contributed by atoms with Crippen LogP contribution in [-0.4, -0.2) is 13.9 Å². The van der Waals surface area contributed by atoms with Crippen LogP contribution in [0.5, 0.6) is 0 Å². The van der Waals surface area contributed by atoms with Gasteiger partial charge in [-0.3, -0.25) is 0 Å². The molecule has 58 valence electrons. The molecule has 0 aliphatic carbocycles. The molecular formula is C9H8BNO. The zero-order chi connectivity index (χ0) is 8.97. The monoisotopic (exact) mass is 157 g/mol. The highest BCUT2D eigenvalue weighted by Gasteiger charge is 2.00. The summed E-state index contributed by atoms with van der Waals surface area (Å²) in [7, 11) is 5.49. The molecule has 0 saturated carbocycles. The highest BCUT2D eigenvalue weighted by Crippen LogP contribution is 2.13. The summed E-state index contributed by atoms with van der Waals surface area (Å²) in [6.45, 7) is 1.83. The fourth-order valence-electron chi connectivity index (χ4n) is 0.928. The summed E-state index contributed by atoms with van der Waals surface area (Å²) in [5.74, 6) is 0. The van der Waals surface area contributed by atoms with Crippen LogP contribution in [0.2, 0.25) is 0 Å². The number of aliphatic imine (C=N–C) groups is 1. The van der Waals surface area contributed by atoms with Crippen LogP contribution in [0.1, 0.15) is 18.5 Å². The molecule has 0 unspecified atom stereocenters. The standard InChI is InChI=1S/C9H8BNO/c1-7(11-6-12)8-2-4-9(10)5-3-8/h2-5,7H,1H3/t7-/m1/s1. The van der Waals surface area contributed by atoms with Crippen LogP contribution in [0, 0.1) is 0 Å². The van der Waals surface area contributed by atoms with Crippen LogP contribution in [0.15, 0.2) is 29.3 Å². The third-order valence-electron chi connectivity index (χ3n) is 1.67. The predicted octanol–water partition coefficient (Wildman–Crippen LogP) is 0.877. The third-order valence-corrected chi connectivity index (χ3v) is 1.67. The van der Waals surface area contributed by atoms with E-state index in [9.17, 15) is 4.79 Å². The molecule has 0 aliphatic heterocycles. The Bertz CT molecular complexity index is 301. The third kappa shape index (κ3) is 2.07. The summed E-state index contributed by atoms with van der Waals surface area (Å²) in [6, 6.07) is 7.13. The SMILES string of the molecule is [B]c1ccc([C@@H](C)N=C=O)cc1. The van der Waals surface area contributed by atoms with Gasteiger partial charge in [-0.1, -0.05) is 29.7 Å². The molecule has 0 heterocycles. The van der Waals surface area contributed by atoms with Gasteiger partial charge in [0, 0.05) is 0 Å². The van der Waals surface area contributed by atoms with Crippen molar-refractivity contribution in [3.63, 3.8) is 0 Å². The average Bonchev–Trinajstić information content (AvgIpc) is 2.06. The number of hydrogen-bond donors (Lipinski definition) is 0. The molecular weight excluding hydrogens is 149 g/mol. The lowest BCUT2D eigenvalue weighted by Crippen LogP contribution is -2.01. The van der Waals surface area contributed by atoms with Gasteiger partial charge in [0.15, 0.2) is 0 Å². The van der Waals surface area contributed by atoms with E-state index in [0.29, 0.717) is 5.46 Å². The Hall–Kier alpha value is -1.34. The molecule has 1 aromatic rings. The number of carbonyl (C=O) groups excluding carboxylic acids is 1. The van der Waals surface area contributed by atoms with Crippen molar-refractivity contribution in [3.8, 4) is 0 Å². The highest BCUT2D eigenvalue weighted by molar-refractivity contribution is 6.32. The van der Waals surface area contributed by atoms with E-state index in [1.54, 1.807) is 12.1 Å². The van der Waals surface area contributed by atoms with Gasteiger partial charge in [-0.2, -0.15) is 4.99 Å². The lowest BCUT2D eigenvalue weighted by Gasteiger charge is -2.03. The smallest absolute Gasteiger partial charge is 0.211 e. The minimum Gasteiger partial charge on any atom is -0.211 e. The summed E-state index contributed by atoms with van der Waals surface area (Å²) in [5, 5.41) is 0. The van der Waals surface area contributed by atoms with E-state index in [1.165, 1.54) is 6.08 Å². The lowest BCUT2D eigenvalue weighted by atomic mass is 9.94. The molecule has 2 radical (unpaired) electrons.